The van der Waals surface area contributed by atoms with E-state index >= 15 is 0 Å². The molecule has 3 aromatic rings. The van der Waals surface area contributed by atoms with Crippen LogP contribution in [0.4, 0.5) is 5.69 Å². The summed E-state index contributed by atoms with van der Waals surface area (Å²) in [4.78, 5) is -0.255. The molecule has 0 atom stereocenters. The molecule has 1 N–H and O–H groups in total. The number of hydrogen-bond donors (Lipinski definition) is 1. The van der Waals surface area contributed by atoms with Gasteiger partial charge < -0.3 is 5.32 Å². The van der Waals surface area contributed by atoms with Crippen molar-refractivity contribution in [1.82, 2.24) is 0 Å². The number of benzene rings is 3. The van der Waals surface area contributed by atoms with Crippen LogP contribution in [-0.2, 0) is 15.6 Å². The highest BCUT2D eigenvalue weighted by Gasteiger charge is 2.25. The van der Waals surface area contributed by atoms with E-state index in [1.807, 2.05) is 37.3 Å². The topological polar surface area (TPSA) is 70.0 Å². The summed E-state index contributed by atoms with van der Waals surface area (Å²) in [5, 5.41) is 13.7. The second kappa shape index (κ2) is 9.86. The minimum absolute atomic E-state index is 0.0723. The average molecular weight is 455 g/mol. The predicted octanol–water partition coefficient (Wildman–Crippen LogP) is 6.16. The molecule has 0 saturated carbocycles. The summed E-state index contributed by atoms with van der Waals surface area (Å²) in [6.07, 6.45) is 0. The van der Waals surface area contributed by atoms with Crippen molar-refractivity contribution in [2.24, 2.45) is 0 Å². The van der Waals surface area contributed by atoms with E-state index < -0.39 is 9.84 Å². The molecule has 3 rings (SSSR count). The number of nitrogens with zero attached hydrogens (tertiary/aromatic N) is 1. The fourth-order valence-electron chi connectivity index (χ4n) is 2.76. The number of hydrogen-bond acceptors (Lipinski definition) is 5. The Bertz CT molecular complexity index is 1220. The first-order valence-corrected chi connectivity index (χ1v) is 11.9. The third kappa shape index (κ3) is 5.45. The Labute approximate surface area is 186 Å². The van der Waals surface area contributed by atoms with E-state index in [2.05, 4.69) is 5.32 Å². The number of thioether (sulfide) groups is 1. The maximum atomic E-state index is 13.2. The van der Waals surface area contributed by atoms with Gasteiger partial charge in [0.1, 0.15) is 11.1 Å². The molecular formula is C23H19ClN2O2S2. The molecule has 0 unspecified atom stereocenters. The van der Waals surface area contributed by atoms with Crippen molar-refractivity contribution in [1.29, 1.82) is 5.26 Å². The van der Waals surface area contributed by atoms with Gasteiger partial charge in [-0.15, -0.1) is 11.8 Å². The summed E-state index contributed by atoms with van der Waals surface area (Å²) in [6.45, 7) is 2.00. The van der Waals surface area contributed by atoms with Crippen LogP contribution in [0.2, 0.25) is 5.02 Å². The highest BCUT2D eigenvalue weighted by molar-refractivity contribution is 8.04. The zero-order valence-corrected chi connectivity index (χ0v) is 18.6. The van der Waals surface area contributed by atoms with Crippen molar-refractivity contribution in [2.45, 2.75) is 17.6 Å². The van der Waals surface area contributed by atoms with Crippen LogP contribution in [0.25, 0.3) is 0 Å². The molecule has 0 heterocycles. The average Bonchev–Trinajstić information content (AvgIpc) is 2.73. The van der Waals surface area contributed by atoms with Gasteiger partial charge in [-0.25, -0.2) is 8.42 Å². The summed E-state index contributed by atoms with van der Waals surface area (Å²) < 4.78 is 26.3. The highest BCUT2D eigenvalue weighted by Crippen LogP contribution is 2.32. The summed E-state index contributed by atoms with van der Waals surface area (Å²) in [5.74, 6) is 0.500. The van der Waals surface area contributed by atoms with Crippen LogP contribution in [-0.4, -0.2) is 8.42 Å². The van der Waals surface area contributed by atoms with Crippen molar-refractivity contribution in [2.75, 3.05) is 5.32 Å². The van der Waals surface area contributed by atoms with Crippen molar-refractivity contribution in [3.8, 4) is 6.07 Å². The largest absolute Gasteiger partial charge is 0.348 e. The van der Waals surface area contributed by atoms with Gasteiger partial charge in [0.2, 0.25) is 9.84 Å². The first-order valence-electron chi connectivity index (χ1n) is 9.05. The van der Waals surface area contributed by atoms with Crippen LogP contribution >= 0.6 is 23.4 Å². The molecule has 30 heavy (non-hydrogen) atoms. The van der Waals surface area contributed by atoms with Crippen LogP contribution < -0.4 is 5.32 Å². The van der Waals surface area contributed by atoms with Gasteiger partial charge in [-0.05, 0) is 42.8 Å². The third-order valence-electron chi connectivity index (χ3n) is 4.18. The molecular weight excluding hydrogens is 436 g/mol. The van der Waals surface area contributed by atoms with Gasteiger partial charge in [0.15, 0.2) is 4.91 Å². The zero-order valence-electron chi connectivity index (χ0n) is 16.2. The van der Waals surface area contributed by atoms with E-state index in [1.165, 1.54) is 23.9 Å². The Morgan fingerprint density at radius 3 is 2.43 bits per heavy atom. The number of allylic oxidation sites excluding steroid dienone is 1. The number of nitriles is 1. The second-order valence-corrected chi connectivity index (χ2v) is 9.81. The Hall–Kier alpha value is -2.72. The monoisotopic (exact) mass is 454 g/mol. The van der Waals surface area contributed by atoms with Gasteiger partial charge in [0, 0.05) is 16.5 Å². The Morgan fingerprint density at radius 1 is 1.03 bits per heavy atom. The molecule has 0 aliphatic heterocycles. The Kier molecular flexibility index (Phi) is 7.22. The first-order chi connectivity index (χ1) is 14.4. The lowest BCUT2D eigenvalue weighted by molar-refractivity contribution is 0.603. The normalized spacial score (nSPS) is 12.0. The molecule has 0 saturated heterocycles. The summed E-state index contributed by atoms with van der Waals surface area (Å²) in [6, 6.07) is 24.7. The molecule has 0 aliphatic rings. The molecule has 7 heteroatoms. The van der Waals surface area contributed by atoms with Gasteiger partial charge >= 0.3 is 0 Å². The number of halogens is 1. The summed E-state index contributed by atoms with van der Waals surface area (Å²) >= 11 is 7.33. The molecule has 0 radical (unpaired) electrons. The maximum absolute atomic E-state index is 13.2. The first kappa shape index (κ1) is 22.0. The van der Waals surface area contributed by atoms with Crippen molar-refractivity contribution in [3.63, 3.8) is 0 Å². The summed E-state index contributed by atoms with van der Waals surface area (Å²) in [5.41, 5.74) is 2.74. The molecule has 0 amide bonds. The lowest BCUT2D eigenvalue weighted by atomic mass is 10.2. The lowest BCUT2D eigenvalue weighted by Crippen LogP contribution is -2.10. The van der Waals surface area contributed by atoms with Gasteiger partial charge in [-0.1, -0.05) is 65.7 Å². The van der Waals surface area contributed by atoms with Crippen LogP contribution in [0, 0.1) is 18.3 Å². The smallest absolute Gasteiger partial charge is 0.219 e. The maximum Gasteiger partial charge on any atom is 0.219 e. The van der Waals surface area contributed by atoms with Crippen LogP contribution in [0.1, 0.15) is 11.1 Å². The quantitative estimate of drug-likeness (QED) is 0.433. The number of nitrogens with one attached hydrogen (secondary N) is 1. The molecule has 0 fully saturated rings. The van der Waals surface area contributed by atoms with Crippen LogP contribution in [0.15, 0.2) is 93.7 Å². The zero-order chi connectivity index (χ0) is 21.6. The van der Waals surface area contributed by atoms with Crippen molar-refractivity contribution < 1.29 is 8.42 Å². The van der Waals surface area contributed by atoms with Gasteiger partial charge in [-0.3, -0.25) is 0 Å². The van der Waals surface area contributed by atoms with E-state index in [1.54, 1.807) is 42.5 Å². The van der Waals surface area contributed by atoms with Gasteiger partial charge in [0.05, 0.1) is 4.90 Å². The van der Waals surface area contributed by atoms with E-state index in [9.17, 15) is 13.7 Å². The second-order valence-electron chi connectivity index (χ2n) is 6.50. The summed E-state index contributed by atoms with van der Waals surface area (Å²) in [7, 11) is -3.99. The lowest BCUT2D eigenvalue weighted by Gasteiger charge is -2.14. The van der Waals surface area contributed by atoms with Crippen LogP contribution in [0.3, 0.4) is 0 Å². The highest BCUT2D eigenvalue weighted by atomic mass is 35.5. The molecule has 0 spiro atoms. The molecule has 0 aromatic heterocycles. The number of anilines is 1. The minimum atomic E-state index is -3.99. The van der Waals surface area contributed by atoms with Gasteiger partial charge in [-0.2, -0.15) is 5.26 Å². The minimum Gasteiger partial charge on any atom is -0.348 e. The van der Waals surface area contributed by atoms with Crippen molar-refractivity contribution >= 4 is 38.9 Å². The Morgan fingerprint density at radius 2 is 1.77 bits per heavy atom. The Balaban J connectivity index is 2.04. The van der Waals surface area contributed by atoms with Crippen molar-refractivity contribution in [3.05, 3.63) is 105 Å². The van der Waals surface area contributed by atoms with E-state index in [4.69, 9.17) is 11.6 Å². The number of sulfone groups is 1. The fourth-order valence-corrected chi connectivity index (χ4v) is 5.48. The molecule has 0 bridgehead atoms. The predicted molar refractivity (Wildman–Crippen MR) is 124 cm³/mol. The fraction of sp³-hybridized carbons (Fsp3) is 0.0870. The molecule has 4 nitrogen and oxygen atoms in total. The van der Waals surface area contributed by atoms with Crippen LogP contribution in [0.5, 0.6) is 0 Å². The van der Waals surface area contributed by atoms with E-state index in [-0.39, 0.29) is 14.8 Å². The third-order valence-corrected chi connectivity index (χ3v) is 7.34. The number of aryl methyl sites for hydroxylation is 1. The van der Waals surface area contributed by atoms with E-state index in [0.717, 1.165) is 11.1 Å². The number of rotatable bonds is 7. The van der Waals surface area contributed by atoms with E-state index in [0.29, 0.717) is 16.5 Å². The SMILES string of the molecule is Cc1cccc(CSC(Nc2cccc(Cl)c2)=C(C#N)S(=O)(=O)c2ccccc2)c1. The molecule has 152 valence electrons. The van der Waals surface area contributed by atoms with Gasteiger partial charge in [0.25, 0.3) is 0 Å². The standard InChI is InChI=1S/C23H19ClN2O2S2/c1-17-7-5-8-18(13-17)16-29-23(26-20-10-6-9-19(24)14-20)22(15-25)30(27,28)21-11-3-2-4-12-21/h2-14,26H,16H2,1H3. The molecule has 3 aromatic carbocycles. The molecule has 0 aliphatic carbocycles.